The van der Waals surface area contributed by atoms with Gasteiger partial charge in [0.1, 0.15) is 5.75 Å². The summed E-state index contributed by atoms with van der Waals surface area (Å²) in [5.74, 6) is 0.999. The van der Waals surface area contributed by atoms with Crippen molar-refractivity contribution in [3.05, 3.63) is 29.3 Å². The molecule has 1 N–H and O–H groups in total. The molecule has 2 fully saturated rings. The number of piperidine rings is 1. The Kier molecular flexibility index (Phi) is 4.27. The van der Waals surface area contributed by atoms with Crippen LogP contribution in [0.5, 0.6) is 5.75 Å². The van der Waals surface area contributed by atoms with Crippen LogP contribution < -0.4 is 10.1 Å². The highest BCUT2D eigenvalue weighted by molar-refractivity contribution is 5.36. The first-order chi connectivity index (χ1) is 9.76. The summed E-state index contributed by atoms with van der Waals surface area (Å²) >= 11 is 0. The molecular weight excluding hydrogens is 248 g/mol. The van der Waals surface area contributed by atoms with Crippen LogP contribution in [-0.2, 0) is 6.54 Å². The lowest BCUT2D eigenvalue weighted by Crippen LogP contribution is -2.43. The van der Waals surface area contributed by atoms with Gasteiger partial charge >= 0.3 is 0 Å². The van der Waals surface area contributed by atoms with Crippen LogP contribution in [0, 0.1) is 6.92 Å². The third-order valence-corrected chi connectivity index (χ3v) is 4.61. The molecule has 0 bridgehead atoms. The number of likely N-dealkylation sites (tertiary alicyclic amines) is 1. The molecule has 20 heavy (non-hydrogen) atoms. The fourth-order valence-electron chi connectivity index (χ4n) is 3.21. The number of ether oxygens (including phenoxy) is 1. The normalized spacial score (nSPS) is 21.1. The van der Waals surface area contributed by atoms with E-state index in [2.05, 4.69) is 35.3 Å². The van der Waals surface area contributed by atoms with Gasteiger partial charge in [-0.1, -0.05) is 17.7 Å². The highest BCUT2D eigenvalue weighted by Crippen LogP contribution is 2.29. The molecule has 1 saturated carbocycles. The monoisotopic (exact) mass is 274 g/mol. The van der Waals surface area contributed by atoms with Gasteiger partial charge < -0.3 is 15.0 Å². The third kappa shape index (κ3) is 3.33. The molecule has 0 spiro atoms. The molecule has 1 saturated heterocycles. The highest BCUT2D eigenvalue weighted by atomic mass is 16.5. The van der Waals surface area contributed by atoms with Crippen molar-refractivity contribution in [1.82, 2.24) is 10.2 Å². The SMILES string of the molecule is COc1ccc(C)cc1CNC1CCN(C2CC2)CC1. The van der Waals surface area contributed by atoms with Crippen molar-refractivity contribution in [1.29, 1.82) is 0 Å². The van der Waals surface area contributed by atoms with E-state index in [-0.39, 0.29) is 0 Å². The second-order valence-corrected chi connectivity index (χ2v) is 6.24. The van der Waals surface area contributed by atoms with Crippen LogP contribution in [0.15, 0.2) is 18.2 Å². The molecular formula is C17H26N2O. The summed E-state index contributed by atoms with van der Waals surface area (Å²) in [5, 5.41) is 3.71. The Morgan fingerprint density at radius 1 is 1.20 bits per heavy atom. The minimum absolute atomic E-state index is 0.662. The van der Waals surface area contributed by atoms with Gasteiger partial charge in [0.2, 0.25) is 0 Å². The van der Waals surface area contributed by atoms with E-state index >= 15 is 0 Å². The standard InChI is InChI=1S/C17H26N2O/c1-13-3-6-17(20-2)14(11-13)12-18-15-7-9-19(10-8-15)16-4-5-16/h3,6,11,15-16,18H,4-5,7-10,12H2,1-2H3. The first kappa shape index (κ1) is 13.9. The van der Waals surface area contributed by atoms with Crippen molar-refractivity contribution < 1.29 is 4.74 Å². The average Bonchev–Trinajstić information content (AvgIpc) is 3.30. The molecule has 1 heterocycles. The lowest BCUT2D eigenvalue weighted by atomic mass is 10.0. The molecule has 2 aliphatic rings. The summed E-state index contributed by atoms with van der Waals surface area (Å²) in [6, 6.07) is 7.99. The fraction of sp³-hybridized carbons (Fsp3) is 0.647. The molecule has 0 radical (unpaired) electrons. The Labute approximate surface area is 122 Å². The lowest BCUT2D eigenvalue weighted by molar-refractivity contribution is 0.189. The Morgan fingerprint density at radius 2 is 1.95 bits per heavy atom. The Bertz CT molecular complexity index is 448. The van der Waals surface area contributed by atoms with Crippen LogP contribution >= 0.6 is 0 Å². The molecule has 3 nitrogen and oxygen atoms in total. The van der Waals surface area contributed by atoms with E-state index < -0.39 is 0 Å². The van der Waals surface area contributed by atoms with Crippen molar-refractivity contribution in [3.8, 4) is 5.75 Å². The second-order valence-electron chi connectivity index (χ2n) is 6.24. The zero-order valence-electron chi connectivity index (χ0n) is 12.7. The first-order valence-electron chi connectivity index (χ1n) is 7.87. The molecule has 3 heteroatoms. The van der Waals surface area contributed by atoms with Crippen LogP contribution in [0.2, 0.25) is 0 Å². The molecule has 1 aromatic rings. The van der Waals surface area contributed by atoms with E-state index in [1.54, 1.807) is 7.11 Å². The van der Waals surface area contributed by atoms with Crippen LogP contribution in [-0.4, -0.2) is 37.2 Å². The fourth-order valence-corrected chi connectivity index (χ4v) is 3.21. The molecule has 3 rings (SSSR count). The summed E-state index contributed by atoms with van der Waals surface area (Å²) in [6.45, 7) is 5.59. The summed E-state index contributed by atoms with van der Waals surface area (Å²) in [7, 11) is 1.75. The number of rotatable bonds is 5. The van der Waals surface area contributed by atoms with Gasteiger partial charge in [0.15, 0.2) is 0 Å². The number of hydrogen-bond donors (Lipinski definition) is 1. The summed E-state index contributed by atoms with van der Waals surface area (Å²) in [6.07, 6.45) is 5.42. The maximum atomic E-state index is 5.45. The molecule has 0 unspecified atom stereocenters. The summed E-state index contributed by atoms with van der Waals surface area (Å²) in [5.41, 5.74) is 2.57. The summed E-state index contributed by atoms with van der Waals surface area (Å²) in [4.78, 5) is 2.67. The van der Waals surface area contributed by atoms with Crippen molar-refractivity contribution in [2.45, 2.75) is 51.2 Å². The quantitative estimate of drug-likeness (QED) is 0.893. The maximum Gasteiger partial charge on any atom is 0.123 e. The number of benzene rings is 1. The van der Waals surface area contributed by atoms with Crippen LogP contribution in [0.3, 0.4) is 0 Å². The number of methoxy groups -OCH3 is 1. The molecule has 1 aliphatic carbocycles. The van der Waals surface area contributed by atoms with Gasteiger partial charge in [-0.3, -0.25) is 0 Å². The van der Waals surface area contributed by atoms with Crippen LogP contribution in [0.4, 0.5) is 0 Å². The predicted octanol–water partition coefficient (Wildman–Crippen LogP) is 2.72. The van der Waals surface area contributed by atoms with Gasteiger partial charge in [-0.15, -0.1) is 0 Å². The third-order valence-electron chi connectivity index (χ3n) is 4.61. The zero-order chi connectivity index (χ0) is 13.9. The van der Waals surface area contributed by atoms with Crippen LogP contribution in [0.1, 0.15) is 36.8 Å². The summed E-state index contributed by atoms with van der Waals surface area (Å²) < 4.78 is 5.45. The van der Waals surface area contributed by atoms with Crippen molar-refractivity contribution in [2.24, 2.45) is 0 Å². The molecule has 110 valence electrons. The van der Waals surface area contributed by atoms with Crippen molar-refractivity contribution >= 4 is 0 Å². The van der Waals surface area contributed by atoms with Gasteiger partial charge in [0.05, 0.1) is 7.11 Å². The largest absolute Gasteiger partial charge is 0.496 e. The molecule has 0 atom stereocenters. The smallest absolute Gasteiger partial charge is 0.123 e. The Morgan fingerprint density at radius 3 is 2.60 bits per heavy atom. The lowest BCUT2D eigenvalue weighted by Gasteiger charge is -2.32. The molecule has 0 aromatic heterocycles. The average molecular weight is 274 g/mol. The topological polar surface area (TPSA) is 24.5 Å². The van der Waals surface area contributed by atoms with E-state index in [4.69, 9.17) is 4.74 Å². The minimum Gasteiger partial charge on any atom is -0.496 e. The van der Waals surface area contributed by atoms with Crippen LogP contribution in [0.25, 0.3) is 0 Å². The van der Waals surface area contributed by atoms with Crippen molar-refractivity contribution in [2.75, 3.05) is 20.2 Å². The van der Waals surface area contributed by atoms with E-state index in [1.165, 1.54) is 49.9 Å². The molecule has 0 amide bonds. The van der Waals surface area contributed by atoms with Gasteiger partial charge in [-0.25, -0.2) is 0 Å². The van der Waals surface area contributed by atoms with Gasteiger partial charge in [-0.05, 0) is 51.8 Å². The van der Waals surface area contributed by atoms with E-state index in [9.17, 15) is 0 Å². The minimum atomic E-state index is 0.662. The van der Waals surface area contributed by atoms with Gasteiger partial charge in [0.25, 0.3) is 0 Å². The Balaban J connectivity index is 1.50. The zero-order valence-corrected chi connectivity index (χ0v) is 12.7. The maximum absolute atomic E-state index is 5.45. The first-order valence-corrected chi connectivity index (χ1v) is 7.87. The number of nitrogens with zero attached hydrogens (tertiary/aromatic N) is 1. The second kappa shape index (κ2) is 6.15. The van der Waals surface area contributed by atoms with Gasteiger partial charge in [0, 0.05) is 24.2 Å². The van der Waals surface area contributed by atoms with E-state index in [0.717, 1.165) is 18.3 Å². The number of hydrogen-bond acceptors (Lipinski definition) is 3. The number of aryl methyl sites for hydroxylation is 1. The molecule has 1 aromatic carbocycles. The predicted molar refractivity (Wildman–Crippen MR) is 82.2 cm³/mol. The van der Waals surface area contributed by atoms with Gasteiger partial charge in [-0.2, -0.15) is 0 Å². The van der Waals surface area contributed by atoms with Crippen molar-refractivity contribution in [3.63, 3.8) is 0 Å². The number of nitrogens with one attached hydrogen (secondary N) is 1. The highest BCUT2D eigenvalue weighted by Gasteiger charge is 2.31. The van der Waals surface area contributed by atoms with E-state index in [0.29, 0.717) is 6.04 Å². The van der Waals surface area contributed by atoms with E-state index in [1.807, 2.05) is 0 Å². The molecule has 1 aliphatic heterocycles. The Hall–Kier alpha value is -1.06.